The Labute approximate surface area is 137 Å². The van der Waals surface area contributed by atoms with Crippen LogP contribution in [0.5, 0.6) is 5.75 Å². The Kier molecular flexibility index (Phi) is 4.68. The molecular weight excluding hydrogens is 310 g/mol. The van der Waals surface area contributed by atoms with Crippen LogP contribution in [-0.4, -0.2) is 15.0 Å². The fraction of sp³-hybridized carbons (Fsp3) is 0.333. The summed E-state index contributed by atoms with van der Waals surface area (Å²) < 4.78 is 33.5. The van der Waals surface area contributed by atoms with Crippen molar-refractivity contribution in [2.45, 2.75) is 37.1 Å². The maximum absolute atomic E-state index is 12.6. The number of sulfonamides is 1. The molecule has 0 unspecified atom stereocenters. The van der Waals surface area contributed by atoms with Gasteiger partial charge in [0.15, 0.2) is 0 Å². The van der Waals surface area contributed by atoms with Gasteiger partial charge in [0.1, 0.15) is 5.75 Å². The van der Waals surface area contributed by atoms with E-state index >= 15 is 0 Å². The van der Waals surface area contributed by atoms with Gasteiger partial charge in [-0.25, -0.2) is 13.1 Å². The van der Waals surface area contributed by atoms with Gasteiger partial charge in [-0.15, -0.1) is 0 Å². The monoisotopic (exact) mass is 331 g/mol. The molecule has 2 aromatic rings. The summed E-state index contributed by atoms with van der Waals surface area (Å²) in [5, 5.41) is 0. The third-order valence-corrected chi connectivity index (χ3v) is 5.60. The Hall–Kier alpha value is -1.85. The molecule has 5 heteroatoms. The van der Waals surface area contributed by atoms with E-state index in [1.165, 1.54) is 5.56 Å². The van der Waals surface area contributed by atoms with Gasteiger partial charge in [-0.05, 0) is 61.6 Å². The SMILES string of the molecule is CCOc1ccc(S(=O)(=O)N[C@H]2CCCc3ccccc32)cc1. The Morgan fingerprint density at radius 2 is 1.87 bits per heavy atom. The summed E-state index contributed by atoms with van der Waals surface area (Å²) in [7, 11) is -3.54. The van der Waals surface area contributed by atoms with E-state index in [0.717, 1.165) is 24.8 Å². The van der Waals surface area contributed by atoms with Crippen LogP contribution < -0.4 is 9.46 Å². The lowest BCUT2D eigenvalue weighted by molar-refractivity contribution is 0.340. The van der Waals surface area contributed by atoms with Crippen molar-refractivity contribution in [1.82, 2.24) is 4.72 Å². The van der Waals surface area contributed by atoms with Crippen LogP contribution in [0.4, 0.5) is 0 Å². The number of nitrogens with one attached hydrogen (secondary N) is 1. The fourth-order valence-corrected chi connectivity index (χ4v) is 4.26. The molecule has 0 bridgehead atoms. The second kappa shape index (κ2) is 6.72. The minimum Gasteiger partial charge on any atom is -0.494 e. The third-order valence-electron chi connectivity index (χ3n) is 4.11. The van der Waals surface area contributed by atoms with Crippen LogP contribution in [0.3, 0.4) is 0 Å². The van der Waals surface area contributed by atoms with Crippen molar-refractivity contribution in [3.8, 4) is 5.75 Å². The maximum atomic E-state index is 12.6. The first kappa shape index (κ1) is 16.0. The predicted molar refractivity (Wildman–Crippen MR) is 90.1 cm³/mol. The smallest absolute Gasteiger partial charge is 0.241 e. The summed E-state index contributed by atoms with van der Waals surface area (Å²) >= 11 is 0. The third kappa shape index (κ3) is 3.57. The molecule has 0 aromatic heterocycles. The number of ether oxygens (including phenoxy) is 1. The minimum absolute atomic E-state index is 0.156. The van der Waals surface area contributed by atoms with Crippen LogP contribution in [-0.2, 0) is 16.4 Å². The average molecular weight is 331 g/mol. The molecule has 4 nitrogen and oxygen atoms in total. The zero-order valence-electron chi connectivity index (χ0n) is 13.2. The van der Waals surface area contributed by atoms with Crippen LogP contribution in [0, 0.1) is 0 Å². The standard InChI is InChI=1S/C18H21NO3S/c1-2-22-15-10-12-16(13-11-15)23(20,21)19-18-9-5-7-14-6-3-4-8-17(14)18/h3-4,6,8,10-13,18-19H,2,5,7,9H2,1H3/t18-/m0/s1. The number of fused-ring (bicyclic) bond motifs is 1. The van der Waals surface area contributed by atoms with Crippen molar-refractivity contribution >= 4 is 10.0 Å². The van der Waals surface area contributed by atoms with E-state index in [1.54, 1.807) is 24.3 Å². The molecular formula is C18H21NO3S. The van der Waals surface area contributed by atoms with Gasteiger partial charge in [-0.3, -0.25) is 0 Å². The number of hydrogen-bond donors (Lipinski definition) is 1. The summed E-state index contributed by atoms with van der Waals surface area (Å²) in [5.41, 5.74) is 2.33. The normalized spacial score (nSPS) is 17.5. The largest absolute Gasteiger partial charge is 0.494 e. The molecule has 0 saturated heterocycles. The molecule has 23 heavy (non-hydrogen) atoms. The zero-order valence-corrected chi connectivity index (χ0v) is 14.0. The highest BCUT2D eigenvalue weighted by atomic mass is 32.2. The topological polar surface area (TPSA) is 55.4 Å². The molecule has 0 aliphatic heterocycles. The molecule has 0 fully saturated rings. The van der Waals surface area contributed by atoms with E-state index in [9.17, 15) is 8.42 Å². The highest BCUT2D eigenvalue weighted by molar-refractivity contribution is 7.89. The Balaban J connectivity index is 1.82. The van der Waals surface area contributed by atoms with Crippen molar-refractivity contribution < 1.29 is 13.2 Å². The van der Waals surface area contributed by atoms with E-state index in [1.807, 2.05) is 25.1 Å². The van der Waals surface area contributed by atoms with E-state index in [0.29, 0.717) is 12.4 Å². The molecule has 0 amide bonds. The van der Waals surface area contributed by atoms with Gasteiger partial charge < -0.3 is 4.74 Å². The van der Waals surface area contributed by atoms with Crippen molar-refractivity contribution in [2.24, 2.45) is 0 Å². The van der Waals surface area contributed by atoms with Gasteiger partial charge >= 0.3 is 0 Å². The number of aryl methyl sites for hydroxylation is 1. The van der Waals surface area contributed by atoms with Gasteiger partial charge in [0.05, 0.1) is 11.5 Å². The van der Waals surface area contributed by atoms with Gasteiger partial charge in [-0.2, -0.15) is 0 Å². The highest BCUT2D eigenvalue weighted by Crippen LogP contribution is 2.31. The van der Waals surface area contributed by atoms with E-state index in [4.69, 9.17) is 4.74 Å². The van der Waals surface area contributed by atoms with E-state index in [2.05, 4.69) is 10.8 Å². The van der Waals surface area contributed by atoms with E-state index < -0.39 is 10.0 Å². The first-order valence-electron chi connectivity index (χ1n) is 7.93. The van der Waals surface area contributed by atoms with Gasteiger partial charge in [0, 0.05) is 6.04 Å². The molecule has 2 aromatic carbocycles. The summed E-state index contributed by atoms with van der Waals surface area (Å²) in [6.07, 6.45) is 2.83. The second-order valence-electron chi connectivity index (χ2n) is 5.67. The molecule has 0 heterocycles. The molecule has 1 aliphatic rings. The van der Waals surface area contributed by atoms with Crippen LogP contribution in [0.15, 0.2) is 53.4 Å². The van der Waals surface area contributed by atoms with Crippen LogP contribution >= 0.6 is 0 Å². The Morgan fingerprint density at radius 3 is 2.61 bits per heavy atom. The van der Waals surface area contributed by atoms with Crippen molar-refractivity contribution in [3.05, 3.63) is 59.7 Å². The van der Waals surface area contributed by atoms with Crippen LogP contribution in [0.25, 0.3) is 0 Å². The van der Waals surface area contributed by atoms with Crippen LogP contribution in [0.1, 0.15) is 36.9 Å². The zero-order chi connectivity index (χ0) is 16.3. The molecule has 0 spiro atoms. The molecule has 122 valence electrons. The first-order chi connectivity index (χ1) is 11.1. The molecule has 1 aliphatic carbocycles. The summed E-state index contributed by atoms with van der Waals surface area (Å²) in [6.45, 7) is 2.45. The molecule has 0 radical (unpaired) electrons. The number of benzene rings is 2. The van der Waals surface area contributed by atoms with Crippen molar-refractivity contribution in [3.63, 3.8) is 0 Å². The Morgan fingerprint density at radius 1 is 1.13 bits per heavy atom. The first-order valence-corrected chi connectivity index (χ1v) is 9.41. The summed E-state index contributed by atoms with van der Waals surface area (Å²) in [6, 6.07) is 14.4. The lowest BCUT2D eigenvalue weighted by Crippen LogP contribution is -2.31. The van der Waals surface area contributed by atoms with Gasteiger partial charge in [0.25, 0.3) is 0 Å². The van der Waals surface area contributed by atoms with Crippen molar-refractivity contribution in [1.29, 1.82) is 0 Å². The lowest BCUT2D eigenvalue weighted by Gasteiger charge is -2.26. The Bertz CT molecular complexity index is 769. The fourth-order valence-electron chi connectivity index (χ4n) is 3.01. The minimum atomic E-state index is -3.54. The molecule has 0 saturated carbocycles. The van der Waals surface area contributed by atoms with E-state index in [-0.39, 0.29) is 10.9 Å². The molecule has 3 rings (SSSR count). The van der Waals surface area contributed by atoms with Gasteiger partial charge in [-0.1, -0.05) is 24.3 Å². The maximum Gasteiger partial charge on any atom is 0.241 e. The molecule has 1 N–H and O–H groups in total. The second-order valence-corrected chi connectivity index (χ2v) is 7.38. The van der Waals surface area contributed by atoms with Crippen LogP contribution in [0.2, 0.25) is 0 Å². The lowest BCUT2D eigenvalue weighted by atomic mass is 9.88. The van der Waals surface area contributed by atoms with Crippen molar-refractivity contribution in [2.75, 3.05) is 6.61 Å². The molecule has 1 atom stereocenters. The summed E-state index contributed by atoms with van der Waals surface area (Å²) in [4.78, 5) is 0.268. The number of hydrogen-bond acceptors (Lipinski definition) is 3. The average Bonchev–Trinajstić information content (AvgIpc) is 2.56. The quantitative estimate of drug-likeness (QED) is 0.913. The predicted octanol–water partition coefficient (Wildman–Crippen LogP) is 3.44. The van der Waals surface area contributed by atoms with Gasteiger partial charge in [0.2, 0.25) is 10.0 Å². The summed E-state index contributed by atoms with van der Waals surface area (Å²) in [5.74, 6) is 0.675. The highest BCUT2D eigenvalue weighted by Gasteiger charge is 2.25. The number of rotatable bonds is 5.